The summed E-state index contributed by atoms with van der Waals surface area (Å²) in [6.45, 7) is 3.36. The van der Waals surface area contributed by atoms with E-state index in [9.17, 15) is 0 Å². The van der Waals surface area contributed by atoms with Crippen molar-refractivity contribution in [3.8, 4) is 0 Å². The molecule has 0 aliphatic carbocycles. The lowest BCUT2D eigenvalue weighted by Crippen LogP contribution is -2.27. The third-order valence-electron chi connectivity index (χ3n) is 3.63. The van der Waals surface area contributed by atoms with Crippen LogP contribution in [0, 0.1) is 0 Å². The smallest absolute Gasteiger partial charge is 0.224 e. The van der Waals surface area contributed by atoms with Gasteiger partial charge in [-0.3, -0.25) is 0 Å². The van der Waals surface area contributed by atoms with E-state index in [0.29, 0.717) is 12.0 Å². The van der Waals surface area contributed by atoms with Crippen LogP contribution in [0.15, 0.2) is 24.3 Å². The van der Waals surface area contributed by atoms with Gasteiger partial charge in [-0.2, -0.15) is 4.98 Å². The van der Waals surface area contributed by atoms with Crippen LogP contribution in [-0.2, 0) is 0 Å². The van der Waals surface area contributed by atoms with E-state index in [-0.39, 0.29) is 0 Å². The molecular formula is C14H18N4. The van der Waals surface area contributed by atoms with Crippen LogP contribution in [-0.4, -0.2) is 29.6 Å². The van der Waals surface area contributed by atoms with Crippen molar-refractivity contribution in [3.05, 3.63) is 24.3 Å². The largest absolute Gasteiger partial charge is 0.357 e. The zero-order valence-corrected chi connectivity index (χ0v) is 10.8. The van der Waals surface area contributed by atoms with Crippen molar-refractivity contribution in [3.63, 3.8) is 0 Å². The number of para-hydroxylation sites is 1. The Morgan fingerprint density at radius 3 is 2.83 bits per heavy atom. The standard InChI is InChI=1S/C14H18N4/c1-10-6-5-9-18(10)13-11-7-3-4-8-12(11)16-14(15-2)17-13/h3-4,7-8,10H,5-6,9H2,1-2H3,(H,15,16,17). The molecule has 1 aliphatic rings. The molecule has 0 saturated carbocycles. The van der Waals surface area contributed by atoms with E-state index in [1.807, 2.05) is 19.2 Å². The molecule has 1 unspecified atom stereocenters. The average molecular weight is 242 g/mol. The van der Waals surface area contributed by atoms with Crippen LogP contribution in [0.2, 0.25) is 0 Å². The summed E-state index contributed by atoms with van der Waals surface area (Å²) >= 11 is 0. The van der Waals surface area contributed by atoms with E-state index in [1.54, 1.807) is 0 Å². The molecule has 94 valence electrons. The number of hydrogen-bond donors (Lipinski definition) is 1. The minimum atomic E-state index is 0.563. The second kappa shape index (κ2) is 4.44. The summed E-state index contributed by atoms with van der Waals surface area (Å²) in [6.07, 6.45) is 2.49. The van der Waals surface area contributed by atoms with Gasteiger partial charge in [0, 0.05) is 25.0 Å². The van der Waals surface area contributed by atoms with Gasteiger partial charge in [-0.15, -0.1) is 0 Å². The maximum Gasteiger partial charge on any atom is 0.224 e. The highest BCUT2D eigenvalue weighted by Crippen LogP contribution is 2.30. The second-order valence-corrected chi connectivity index (χ2v) is 4.82. The number of nitrogens with one attached hydrogen (secondary N) is 1. The SMILES string of the molecule is CNc1nc(N2CCCC2C)c2ccccc2n1. The first-order chi connectivity index (χ1) is 8.79. The fourth-order valence-electron chi connectivity index (χ4n) is 2.64. The monoisotopic (exact) mass is 242 g/mol. The number of anilines is 2. The summed E-state index contributed by atoms with van der Waals surface area (Å²) in [6, 6.07) is 8.78. The summed E-state index contributed by atoms with van der Waals surface area (Å²) in [5.74, 6) is 1.76. The molecule has 0 radical (unpaired) electrons. The molecule has 18 heavy (non-hydrogen) atoms. The van der Waals surface area contributed by atoms with Gasteiger partial charge in [-0.25, -0.2) is 4.98 Å². The van der Waals surface area contributed by atoms with Gasteiger partial charge < -0.3 is 10.2 Å². The maximum absolute atomic E-state index is 4.66. The average Bonchev–Trinajstić information content (AvgIpc) is 2.83. The van der Waals surface area contributed by atoms with E-state index >= 15 is 0 Å². The minimum absolute atomic E-state index is 0.563. The van der Waals surface area contributed by atoms with Crippen LogP contribution in [0.5, 0.6) is 0 Å². The van der Waals surface area contributed by atoms with Gasteiger partial charge >= 0.3 is 0 Å². The first-order valence-corrected chi connectivity index (χ1v) is 6.51. The number of hydrogen-bond acceptors (Lipinski definition) is 4. The van der Waals surface area contributed by atoms with Gasteiger partial charge in [0.15, 0.2) is 0 Å². The van der Waals surface area contributed by atoms with Crippen LogP contribution in [0.4, 0.5) is 11.8 Å². The van der Waals surface area contributed by atoms with Crippen LogP contribution < -0.4 is 10.2 Å². The van der Waals surface area contributed by atoms with Crippen molar-refractivity contribution in [1.29, 1.82) is 0 Å². The Labute approximate surface area is 107 Å². The predicted molar refractivity (Wildman–Crippen MR) is 75.1 cm³/mol. The number of aromatic nitrogens is 2. The first-order valence-electron chi connectivity index (χ1n) is 6.51. The van der Waals surface area contributed by atoms with Gasteiger partial charge in [-0.1, -0.05) is 12.1 Å². The topological polar surface area (TPSA) is 41.1 Å². The zero-order chi connectivity index (χ0) is 12.5. The number of benzene rings is 1. The molecule has 1 saturated heterocycles. The van der Waals surface area contributed by atoms with Crippen LogP contribution >= 0.6 is 0 Å². The molecule has 4 nitrogen and oxygen atoms in total. The van der Waals surface area contributed by atoms with E-state index < -0.39 is 0 Å². The third kappa shape index (κ3) is 1.78. The molecule has 3 rings (SSSR count). The van der Waals surface area contributed by atoms with Gasteiger partial charge in [0.1, 0.15) is 5.82 Å². The van der Waals surface area contributed by atoms with Gasteiger partial charge in [0.2, 0.25) is 5.95 Å². The molecule has 1 fully saturated rings. The quantitative estimate of drug-likeness (QED) is 0.879. The Bertz CT molecular complexity index is 567. The van der Waals surface area contributed by atoms with Crippen LogP contribution in [0.3, 0.4) is 0 Å². The van der Waals surface area contributed by atoms with E-state index in [0.717, 1.165) is 23.3 Å². The Morgan fingerprint density at radius 2 is 2.11 bits per heavy atom. The highest BCUT2D eigenvalue weighted by Gasteiger charge is 2.23. The Morgan fingerprint density at radius 1 is 1.28 bits per heavy atom. The Balaban J connectivity index is 2.19. The summed E-state index contributed by atoms with van der Waals surface area (Å²) in [7, 11) is 1.86. The molecule has 0 amide bonds. The lowest BCUT2D eigenvalue weighted by atomic mass is 10.2. The molecule has 1 aliphatic heterocycles. The Hall–Kier alpha value is -1.84. The molecule has 1 N–H and O–H groups in total. The second-order valence-electron chi connectivity index (χ2n) is 4.82. The zero-order valence-electron chi connectivity index (χ0n) is 10.8. The molecule has 4 heteroatoms. The van der Waals surface area contributed by atoms with Gasteiger partial charge in [0.25, 0.3) is 0 Å². The van der Waals surface area contributed by atoms with Gasteiger partial charge in [0.05, 0.1) is 5.52 Å². The first kappa shape index (κ1) is 11.3. The summed E-state index contributed by atoms with van der Waals surface area (Å²) in [4.78, 5) is 11.6. The van der Waals surface area contributed by atoms with Crippen molar-refractivity contribution in [2.24, 2.45) is 0 Å². The molecule has 1 aromatic carbocycles. The molecular weight excluding hydrogens is 224 g/mol. The van der Waals surface area contributed by atoms with Crippen LogP contribution in [0.25, 0.3) is 10.9 Å². The molecule has 1 aromatic heterocycles. The van der Waals surface area contributed by atoms with E-state index in [2.05, 4.69) is 39.2 Å². The number of rotatable bonds is 2. The fourth-order valence-corrected chi connectivity index (χ4v) is 2.64. The number of nitrogens with zero attached hydrogens (tertiary/aromatic N) is 3. The maximum atomic E-state index is 4.66. The molecule has 1 atom stereocenters. The lowest BCUT2D eigenvalue weighted by Gasteiger charge is -2.24. The van der Waals surface area contributed by atoms with Crippen molar-refractivity contribution in [1.82, 2.24) is 9.97 Å². The predicted octanol–water partition coefficient (Wildman–Crippen LogP) is 2.66. The molecule has 0 spiro atoms. The Kier molecular flexibility index (Phi) is 2.78. The highest BCUT2D eigenvalue weighted by molar-refractivity contribution is 5.90. The minimum Gasteiger partial charge on any atom is -0.357 e. The fraction of sp³-hybridized carbons (Fsp3) is 0.429. The van der Waals surface area contributed by atoms with Crippen molar-refractivity contribution in [2.75, 3.05) is 23.8 Å². The summed E-state index contributed by atoms with van der Waals surface area (Å²) in [5.41, 5.74) is 1.01. The molecule has 2 heterocycles. The van der Waals surface area contributed by atoms with Crippen molar-refractivity contribution >= 4 is 22.7 Å². The van der Waals surface area contributed by atoms with Crippen molar-refractivity contribution < 1.29 is 0 Å². The van der Waals surface area contributed by atoms with E-state index in [4.69, 9.17) is 0 Å². The number of fused-ring (bicyclic) bond motifs is 1. The summed E-state index contributed by atoms with van der Waals surface area (Å²) in [5, 5.41) is 4.19. The van der Waals surface area contributed by atoms with E-state index in [1.165, 1.54) is 12.8 Å². The normalized spacial score (nSPS) is 19.4. The third-order valence-corrected chi connectivity index (χ3v) is 3.63. The highest BCUT2D eigenvalue weighted by atomic mass is 15.3. The van der Waals surface area contributed by atoms with Crippen molar-refractivity contribution in [2.45, 2.75) is 25.8 Å². The van der Waals surface area contributed by atoms with Gasteiger partial charge in [-0.05, 0) is 31.9 Å². The summed E-state index contributed by atoms with van der Waals surface area (Å²) < 4.78 is 0. The van der Waals surface area contributed by atoms with Crippen LogP contribution in [0.1, 0.15) is 19.8 Å². The molecule has 2 aromatic rings. The molecule has 0 bridgehead atoms. The lowest BCUT2D eigenvalue weighted by molar-refractivity contribution is 0.729.